The molecule has 0 atom stereocenters. The number of anilines is 3. The van der Waals surface area contributed by atoms with Gasteiger partial charge in [0.25, 0.3) is 0 Å². The summed E-state index contributed by atoms with van der Waals surface area (Å²) in [5.41, 5.74) is 5.54. The van der Waals surface area contributed by atoms with Crippen LogP contribution >= 0.6 is 0 Å². The lowest BCUT2D eigenvalue weighted by Gasteiger charge is -2.13. The second-order valence-corrected chi connectivity index (χ2v) is 8.81. The third-order valence-electron chi connectivity index (χ3n) is 6.02. The number of benzene rings is 2. The standard InChI is InChI=1S/C25H28N8O/c1-30(2)19-9-5-17(6-10-19)13-32-16-28-21-22-24(27-15-26-23(21)32)33(25(34)29-22)14-18-7-11-20(12-8-18)31(3)4/h5-12,15-16H,13-14H2,1-4H3,(H,26,27)(H,29,34). The average Bonchev–Trinajstić information content (AvgIpc) is 3.29. The Labute approximate surface area is 198 Å². The summed E-state index contributed by atoms with van der Waals surface area (Å²) in [5, 5.41) is 3.18. The molecule has 174 valence electrons. The molecule has 3 heterocycles. The first-order valence-electron chi connectivity index (χ1n) is 11.1. The maximum Gasteiger partial charge on any atom is 0.327 e. The molecular weight excluding hydrogens is 428 g/mol. The Balaban J connectivity index is 1.45. The molecule has 0 amide bonds. The number of hydrogen-bond acceptors (Lipinski definition) is 6. The molecule has 1 aliphatic heterocycles. The van der Waals surface area contributed by atoms with E-state index in [1.807, 2.05) is 61.9 Å². The monoisotopic (exact) mass is 456 g/mol. The predicted molar refractivity (Wildman–Crippen MR) is 138 cm³/mol. The number of nitrogens with one attached hydrogen (secondary N) is 2. The van der Waals surface area contributed by atoms with E-state index in [4.69, 9.17) is 0 Å². The van der Waals surface area contributed by atoms with Crippen LogP contribution in [0.1, 0.15) is 11.1 Å². The molecule has 0 spiro atoms. The lowest BCUT2D eigenvalue weighted by Crippen LogP contribution is -2.19. The Morgan fingerprint density at radius 2 is 1.44 bits per heavy atom. The van der Waals surface area contributed by atoms with Crippen LogP contribution < -0.4 is 20.8 Å². The summed E-state index contributed by atoms with van der Waals surface area (Å²) < 4.78 is 3.67. The number of nitrogens with zero attached hydrogens (tertiary/aromatic N) is 6. The summed E-state index contributed by atoms with van der Waals surface area (Å²) in [4.78, 5) is 29.2. The third kappa shape index (κ3) is 3.96. The quantitative estimate of drug-likeness (QED) is 0.465. The van der Waals surface area contributed by atoms with E-state index in [2.05, 4.69) is 49.4 Å². The number of aromatic amines is 1. The van der Waals surface area contributed by atoms with Gasteiger partial charge >= 0.3 is 5.69 Å². The van der Waals surface area contributed by atoms with E-state index in [1.165, 1.54) is 0 Å². The molecule has 1 aliphatic rings. The fourth-order valence-corrected chi connectivity index (χ4v) is 4.08. The number of aromatic nitrogens is 4. The van der Waals surface area contributed by atoms with E-state index in [-0.39, 0.29) is 5.69 Å². The highest BCUT2D eigenvalue weighted by molar-refractivity contribution is 5.90. The third-order valence-corrected chi connectivity index (χ3v) is 6.02. The van der Waals surface area contributed by atoms with Gasteiger partial charge < -0.3 is 24.7 Å². The molecule has 5 rings (SSSR count). The van der Waals surface area contributed by atoms with Crippen LogP contribution in [-0.2, 0) is 13.1 Å². The van der Waals surface area contributed by atoms with Crippen molar-refractivity contribution in [3.63, 3.8) is 0 Å². The zero-order chi connectivity index (χ0) is 23.8. The van der Waals surface area contributed by atoms with Crippen LogP contribution in [0.4, 0.5) is 23.0 Å². The summed E-state index contributed by atoms with van der Waals surface area (Å²) in [6.45, 7) is 1.07. The topological polar surface area (TPSA) is 86.5 Å². The van der Waals surface area contributed by atoms with Gasteiger partial charge in [-0.15, -0.1) is 0 Å². The van der Waals surface area contributed by atoms with E-state index in [1.54, 1.807) is 17.2 Å². The van der Waals surface area contributed by atoms with Crippen LogP contribution in [0, 0.1) is 0 Å². The highest BCUT2D eigenvalue weighted by Gasteiger charge is 2.23. The normalized spacial score (nSPS) is 12.0. The number of aliphatic imine (C=N–C) groups is 1. The van der Waals surface area contributed by atoms with Gasteiger partial charge in [-0.3, -0.25) is 4.57 Å². The summed E-state index contributed by atoms with van der Waals surface area (Å²) in [5.74, 6) is 1.36. The van der Waals surface area contributed by atoms with Gasteiger partial charge in [-0.1, -0.05) is 24.3 Å². The zero-order valence-electron chi connectivity index (χ0n) is 19.8. The molecule has 0 unspecified atom stereocenters. The highest BCUT2D eigenvalue weighted by Crippen LogP contribution is 2.34. The summed E-state index contributed by atoms with van der Waals surface area (Å²) in [6, 6.07) is 16.6. The molecule has 2 N–H and O–H groups in total. The molecule has 0 saturated heterocycles. The average molecular weight is 457 g/mol. The highest BCUT2D eigenvalue weighted by atomic mass is 16.1. The van der Waals surface area contributed by atoms with Crippen molar-refractivity contribution in [2.45, 2.75) is 13.1 Å². The maximum atomic E-state index is 12.9. The van der Waals surface area contributed by atoms with Gasteiger partial charge in [0, 0.05) is 39.6 Å². The van der Waals surface area contributed by atoms with E-state index in [0.29, 0.717) is 36.1 Å². The molecule has 0 fully saturated rings. The first kappa shape index (κ1) is 21.6. The Hall–Kier alpha value is -4.27. The minimum absolute atomic E-state index is 0.190. The second-order valence-electron chi connectivity index (χ2n) is 8.81. The van der Waals surface area contributed by atoms with Gasteiger partial charge in [0.2, 0.25) is 0 Å². The zero-order valence-corrected chi connectivity index (χ0v) is 19.8. The number of hydrogen-bond donors (Lipinski definition) is 2. The van der Waals surface area contributed by atoms with Crippen molar-refractivity contribution in [1.82, 2.24) is 19.1 Å². The number of imidazole rings is 2. The van der Waals surface area contributed by atoms with Crippen molar-refractivity contribution in [3.05, 3.63) is 76.5 Å². The molecule has 2 aromatic heterocycles. The van der Waals surface area contributed by atoms with Crippen LogP contribution in [0.2, 0.25) is 0 Å². The van der Waals surface area contributed by atoms with E-state index in [0.717, 1.165) is 22.5 Å². The molecule has 9 nitrogen and oxygen atoms in total. The van der Waals surface area contributed by atoms with Crippen LogP contribution in [0.3, 0.4) is 0 Å². The molecule has 9 heteroatoms. The summed E-state index contributed by atoms with van der Waals surface area (Å²) in [7, 11) is 8.06. The molecule has 0 aliphatic carbocycles. The molecule has 4 aromatic rings. The van der Waals surface area contributed by atoms with E-state index < -0.39 is 0 Å². The fraction of sp³-hybridized carbons (Fsp3) is 0.240. The smallest absolute Gasteiger partial charge is 0.327 e. The number of fused-ring (bicyclic) bond motifs is 3. The van der Waals surface area contributed by atoms with Gasteiger partial charge in [0.05, 0.1) is 25.8 Å². The summed E-state index contributed by atoms with van der Waals surface area (Å²) >= 11 is 0. The van der Waals surface area contributed by atoms with Gasteiger partial charge in [-0.2, -0.15) is 0 Å². The first-order valence-corrected chi connectivity index (χ1v) is 11.1. The van der Waals surface area contributed by atoms with Crippen molar-refractivity contribution in [2.24, 2.45) is 4.99 Å². The molecule has 0 saturated carbocycles. The second kappa shape index (κ2) is 8.58. The Morgan fingerprint density at radius 3 is 2.03 bits per heavy atom. The molecule has 34 heavy (non-hydrogen) atoms. The first-order chi connectivity index (χ1) is 16.4. The Bertz CT molecular complexity index is 1390. The van der Waals surface area contributed by atoms with Crippen LogP contribution in [-0.4, -0.2) is 53.6 Å². The van der Waals surface area contributed by atoms with E-state index in [9.17, 15) is 4.79 Å². The van der Waals surface area contributed by atoms with Crippen molar-refractivity contribution < 1.29 is 0 Å². The van der Waals surface area contributed by atoms with Crippen molar-refractivity contribution in [3.8, 4) is 11.4 Å². The number of rotatable bonds is 6. The molecule has 0 radical (unpaired) electrons. The summed E-state index contributed by atoms with van der Waals surface area (Å²) in [6.07, 6.45) is 3.39. The van der Waals surface area contributed by atoms with Gasteiger partial charge in [0.15, 0.2) is 5.82 Å². The minimum atomic E-state index is -0.190. The van der Waals surface area contributed by atoms with Crippen molar-refractivity contribution in [1.29, 1.82) is 0 Å². The van der Waals surface area contributed by atoms with Crippen LogP contribution in [0.5, 0.6) is 0 Å². The Morgan fingerprint density at radius 1 is 0.853 bits per heavy atom. The van der Waals surface area contributed by atoms with Crippen LogP contribution in [0.15, 0.2) is 64.6 Å². The Kier molecular flexibility index (Phi) is 5.45. The predicted octanol–water partition coefficient (Wildman–Crippen LogP) is 3.35. The largest absolute Gasteiger partial charge is 0.378 e. The molecular formula is C25H28N8O. The van der Waals surface area contributed by atoms with Crippen molar-refractivity contribution >= 4 is 29.3 Å². The maximum absolute atomic E-state index is 12.9. The minimum Gasteiger partial charge on any atom is -0.378 e. The van der Waals surface area contributed by atoms with Gasteiger partial charge in [-0.05, 0) is 35.4 Å². The lowest BCUT2D eigenvalue weighted by atomic mass is 10.2. The molecule has 2 aromatic carbocycles. The van der Waals surface area contributed by atoms with Gasteiger partial charge in [0.1, 0.15) is 17.2 Å². The van der Waals surface area contributed by atoms with Crippen LogP contribution in [0.25, 0.3) is 11.4 Å². The van der Waals surface area contributed by atoms with E-state index >= 15 is 0 Å². The number of H-pyrrole nitrogens is 1. The SMILES string of the molecule is CN(C)c1ccc(Cn2cnc3c2N=CNc2c-3[nH]c(=O)n2Cc2ccc(N(C)C)cc2)cc1. The molecule has 0 bridgehead atoms. The van der Waals surface area contributed by atoms with Gasteiger partial charge in [-0.25, -0.2) is 14.8 Å². The lowest BCUT2D eigenvalue weighted by molar-refractivity contribution is 0.771. The van der Waals surface area contributed by atoms with Crippen molar-refractivity contribution in [2.75, 3.05) is 43.3 Å². The fourth-order valence-electron chi connectivity index (χ4n) is 4.08.